The quantitative estimate of drug-likeness (QED) is 0.764. The second kappa shape index (κ2) is 7.38. The number of carbonyl (C=O) groups excluding carboxylic acids is 1. The van der Waals surface area contributed by atoms with Gasteiger partial charge in [-0.25, -0.2) is 4.98 Å². The van der Waals surface area contributed by atoms with E-state index in [1.165, 1.54) is 10.4 Å². The van der Waals surface area contributed by atoms with Crippen molar-refractivity contribution in [3.8, 4) is 10.6 Å². The minimum absolute atomic E-state index is 0.0372. The average Bonchev–Trinajstić information content (AvgIpc) is 3.11. The van der Waals surface area contributed by atoms with Gasteiger partial charge in [-0.05, 0) is 43.9 Å². The van der Waals surface area contributed by atoms with Crippen LogP contribution in [0, 0.1) is 12.8 Å². The molecule has 0 aliphatic heterocycles. The summed E-state index contributed by atoms with van der Waals surface area (Å²) in [4.78, 5) is 22.8. The second-order valence-corrected chi connectivity index (χ2v) is 7.86. The van der Waals surface area contributed by atoms with E-state index in [-0.39, 0.29) is 11.8 Å². The summed E-state index contributed by atoms with van der Waals surface area (Å²) in [5.41, 5.74) is 4.57. The van der Waals surface area contributed by atoms with Gasteiger partial charge < -0.3 is 5.32 Å². The monoisotopic (exact) mass is 363 g/mol. The van der Waals surface area contributed by atoms with Gasteiger partial charge in [0.05, 0.1) is 5.69 Å². The molecule has 26 heavy (non-hydrogen) atoms. The number of carbonyl (C=O) groups is 1. The molecule has 0 saturated heterocycles. The summed E-state index contributed by atoms with van der Waals surface area (Å²) in [6.45, 7) is 2.66. The maximum Gasteiger partial charge on any atom is 0.223 e. The van der Waals surface area contributed by atoms with Crippen LogP contribution in [0.3, 0.4) is 0 Å². The fraction of sp³-hybridized carbons (Fsp3) is 0.286. The molecule has 1 atom stereocenters. The van der Waals surface area contributed by atoms with Gasteiger partial charge in [-0.1, -0.05) is 29.8 Å². The summed E-state index contributed by atoms with van der Waals surface area (Å²) >= 11 is 1.69. The van der Waals surface area contributed by atoms with Crippen LogP contribution < -0.4 is 5.32 Å². The SMILES string of the molecule is Cc1ccc(CNC(=O)C2CCc3nc(-c4cccnc4)sc3C2)cc1. The number of hydrogen-bond donors (Lipinski definition) is 1. The predicted molar refractivity (Wildman–Crippen MR) is 104 cm³/mol. The number of aryl methyl sites for hydroxylation is 2. The van der Waals surface area contributed by atoms with Crippen LogP contribution in [-0.4, -0.2) is 15.9 Å². The topological polar surface area (TPSA) is 54.9 Å². The summed E-state index contributed by atoms with van der Waals surface area (Å²) in [7, 11) is 0. The molecular formula is C21H21N3OS. The lowest BCUT2D eigenvalue weighted by molar-refractivity contribution is -0.125. The van der Waals surface area contributed by atoms with Crippen molar-refractivity contribution in [2.75, 3.05) is 0 Å². The highest BCUT2D eigenvalue weighted by atomic mass is 32.1. The highest BCUT2D eigenvalue weighted by molar-refractivity contribution is 7.15. The Morgan fingerprint density at radius 1 is 1.27 bits per heavy atom. The molecule has 5 heteroatoms. The Morgan fingerprint density at radius 3 is 2.88 bits per heavy atom. The Morgan fingerprint density at radius 2 is 2.12 bits per heavy atom. The molecule has 0 fully saturated rings. The Bertz CT molecular complexity index is 903. The third-order valence-corrected chi connectivity index (χ3v) is 5.98. The van der Waals surface area contributed by atoms with E-state index in [9.17, 15) is 4.79 Å². The zero-order valence-electron chi connectivity index (χ0n) is 14.7. The molecule has 1 aromatic carbocycles. The Labute approximate surface area is 157 Å². The third-order valence-electron chi connectivity index (χ3n) is 4.81. The molecule has 1 unspecified atom stereocenters. The van der Waals surface area contributed by atoms with Crippen LogP contribution in [0.2, 0.25) is 0 Å². The van der Waals surface area contributed by atoms with E-state index in [0.29, 0.717) is 6.54 Å². The molecule has 1 aliphatic rings. The van der Waals surface area contributed by atoms with E-state index in [1.807, 2.05) is 18.3 Å². The largest absolute Gasteiger partial charge is 0.352 e. The van der Waals surface area contributed by atoms with Crippen molar-refractivity contribution in [3.05, 3.63) is 70.5 Å². The molecule has 4 rings (SSSR count). The average molecular weight is 363 g/mol. The van der Waals surface area contributed by atoms with E-state index >= 15 is 0 Å². The fourth-order valence-electron chi connectivity index (χ4n) is 3.25. The van der Waals surface area contributed by atoms with Crippen LogP contribution in [0.5, 0.6) is 0 Å². The van der Waals surface area contributed by atoms with Gasteiger partial charge in [0.2, 0.25) is 5.91 Å². The first-order chi connectivity index (χ1) is 12.7. The van der Waals surface area contributed by atoms with Gasteiger partial charge in [-0.15, -0.1) is 11.3 Å². The molecule has 0 spiro atoms. The summed E-state index contributed by atoms with van der Waals surface area (Å²) in [5, 5.41) is 4.10. The van der Waals surface area contributed by atoms with Crippen molar-refractivity contribution < 1.29 is 4.79 Å². The normalized spacial score (nSPS) is 16.1. The first kappa shape index (κ1) is 16.9. The number of nitrogens with one attached hydrogen (secondary N) is 1. The number of pyridine rings is 1. The number of nitrogens with zero attached hydrogens (tertiary/aromatic N) is 2. The van der Waals surface area contributed by atoms with Gasteiger partial charge >= 0.3 is 0 Å². The Kier molecular flexibility index (Phi) is 4.80. The Hall–Kier alpha value is -2.53. The number of fused-ring (bicyclic) bond motifs is 1. The van der Waals surface area contributed by atoms with Crippen molar-refractivity contribution in [2.45, 2.75) is 32.7 Å². The summed E-state index contributed by atoms with van der Waals surface area (Å²) in [5.74, 6) is 0.183. The van der Waals surface area contributed by atoms with Gasteiger partial charge in [-0.3, -0.25) is 9.78 Å². The number of thiazole rings is 1. The van der Waals surface area contributed by atoms with Crippen LogP contribution in [0.15, 0.2) is 48.8 Å². The molecule has 1 amide bonds. The number of rotatable bonds is 4. The van der Waals surface area contributed by atoms with Gasteiger partial charge in [0, 0.05) is 35.3 Å². The number of hydrogen-bond acceptors (Lipinski definition) is 4. The van der Waals surface area contributed by atoms with E-state index in [0.717, 1.165) is 41.1 Å². The van der Waals surface area contributed by atoms with Crippen molar-refractivity contribution in [2.24, 2.45) is 5.92 Å². The predicted octanol–water partition coefficient (Wildman–Crippen LogP) is 3.93. The van der Waals surface area contributed by atoms with Crippen molar-refractivity contribution in [1.82, 2.24) is 15.3 Å². The van der Waals surface area contributed by atoms with E-state index in [4.69, 9.17) is 4.98 Å². The zero-order chi connectivity index (χ0) is 17.9. The lowest BCUT2D eigenvalue weighted by Crippen LogP contribution is -2.33. The summed E-state index contributed by atoms with van der Waals surface area (Å²) < 4.78 is 0. The van der Waals surface area contributed by atoms with Gasteiger partial charge in [0.25, 0.3) is 0 Å². The van der Waals surface area contributed by atoms with Crippen LogP contribution in [0.4, 0.5) is 0 Å². The van der Waals surface area contributed by atoms with Gasteiger partial charge in [0.1, 0.15) is 5.01 Å². The van der Waals surface area contributed by atoms with Crippen LogP contribution in [-0.2, 0) is 24.2 Å². The lowest BCUT2D eigenvalue weighted by atomic mass is 9.90. The van der Waals surface area contributed by atoms with Crippen LogP contribution in [0.1, 0.15) is 28.1 Å². The standard InChI is InChI=1S/C21H21N3OS/c1-14-4-6-15(7-5-14)12-23-20(25)16-8-9-18-19(11-16)26-21(24-18)17-3-2-10-22-13-17/h2-7,10,13,16H,8-9,11-12H2,1H3,(H,23,25). The van der Waals surface area contributed by atoms with Crippen LogP contribution in [0.25, 0.3) is 10.6 Å². The van der Waals surface area contributed by atoms with E-state index in [2.05, 4.69) is 41.5 Å². The molecule has 3 aromatic rings. The molecule has 4 nitrogen and oxygen atoms in total. The molecule has 0 bridgehead atoms. The fourth-order valence-corrected chi connectivity index (χ4v) is 4.43. The lowest BCUT2D eigenvalue weighted by Gasteiger charge is -2.20. The Balaban J connectivity index is 1.40. The number of aromatic nitrogens is 2. The first-order valence-electron chi connectivity index (χ1n) is 8.91. The highest BCUT2D eigenvalue weighted by Gasteiger charge is 2.27. The van der Waals surface area contributed by atoms with Crippen molar-refractivity contribution >= 4 is 17.2 Å². The minimum Gasteiger partial charge on any atom is -0.352 e. The molecule has 0 saturated carbocycles. The smallest absolute Gasteiger partial charge is 0.223 e. The number of amides is 1. The first-order valence-corrected chi connectivity index (χ1v) is 9.73. The summed E-state index contributed by atoms with van der Waals surface area (Å²) in [6, 6.07) is 12.2. The zero-order valence-corrected chi connectivity index (χ0v) is 15.6. The van der Waals surface area contributed by atoms with E-state index < -0.39 is 0 Å². The molecule has 1 aliphatic carbocycles. The molecule has 1 N–H and O–H groups in total. The molecular weight excluding hydrogens is 342 g/mol. The maximum absolute atomic E-state index is 12.6. The van der Waals surface area contributed by atoms with Gasteiger partial charge in [0.15, 0.2) is 0 Å². The van der Waals surface area contributed by atoms with Gasteiger partial charge in [-0.2, -0.15) is 0 Å². The van der Waals surface area contributed by atoms with E-state index in [1.54, 1.807) is 17.5 Å². The van der Waals surface area contributed by atoms with Crippen LogP contribution >= 0.6 is 11.3 Å². The molecule has 2 aromatic heterocycles. The second-order valence-electron chi connectivity index (χ2n) is 6.77. The summed E-state index contributed by atoms with van der Waals surface area (Å²) in [6.07, 6.45) is 6.13. The molecule has 0 radical (unpaired) electrons. The highest BCUT2D eigenvalue weighted by Crippen LogP contribution is 2.34. The van der Waals surface area contributed by atoms with Crippen molar-refractivity contribution in [1.29, 1.82) is 0 Å². The van der Waals surface area contributed by atoms with Crippen molar-refractivity contribution in [3.63, 3.8) is 0 Å². The third kappa shape index (κ3) is 3.68. The maximum atomic E-state index is 12.6. The number of benzene rings is 1. The molecule has 132 valence electrons. The molecule has 2 heterocycles. The minimum atomic E-state index is 0.0372.